The molecule has 0 bridgehead atoms. The van der Waals surface area contributed by atoms with Crippen LogP contribution >= 0.6 is 0 Å². The maximum Gasteiger partial charge on any atom is 0.270 e. The second-order valence-electron chi connectivity index (χ2n) is 5.79. The zero-order valence-electron chi connectivity index (χ0n) is 15.4. The van der Waals surface area contributed by atoms with Gasteiger partial charge in [0.1, 0.15) is 35.2 Å². The summed E-state index contributed by atoms with van der Waals surface area (Å²) in [6, 6.07) is 12.7. The van der Waals surface area contributed by atoms with Crippen molar-refractivity contribution >= 4 is 17.4 Å². The Morgan fingerprint density at radius 1 is 1.04 bits per heavy atom. The molecular formula is C20H19FN4O3. The van der Waals surface area contributed by atoms with E-state index in [1.165, 1.54) is 24.5 Å². The summed E-state index contributed by atoms with van der Waals surface area (Å²) in [4.78, 5) is 20.5. The molecule has 1 aromatic heterocycles. The molecule has 0 aliphatic rings. The summed E-state index contributed by atoms with van der Waals surface area (Å²) < 4.78 is 23.5. The lowest BCUT2D eigenvalue weighted by atomic mass is 10.2. The lowest BCUT2D eigenvalue weighted by Gasteiger charge is -2.12. The Bertz CT molecular complexity index is 964. The minimum atomic E-state index is -0.364. The van der Waals surface area contributed by atoms with Crippen LogP contribution < -0.4 is 20.1 Å². The van der Waals surface area contributed by atoms with Crippen LogP contribution in [0.5, 0.6) is 11.5 Å². The van der Waals surface area contributed by atoms with Crippen LogP contribution in [-0.2, 0) is 6.54 Å². The molecule has 3 aromatic rings. The molecule has 0 spiro atoms. The predicted molar refractivity (Wildman–Crippen MR) is 102 cm³/mol. The topological polar surface area (TPSA) is 85.4 Å². The third-order valence-corrected chi connectivity index (χ3v) is 3.94. The van der Waals surface area contributed by atoms with Crippen LogP contribution in [0.15, 0.2) is 54.9 Å². The van der Waals surface area contributed by atoms with E-state index in [0.717, 1.165) is 5.56 Å². The predicted octanol–water partition coefficient (Wildman–Crippen LogP) is 3.31. The normalized spacial score (nSPS) is 10.2. The van der Waals surface area contributed by atoms with E-state index in [1.807, 2.05) is 0 Å². The van der Waals surface area contributed by atoms with Crippen molar-refractivity contribution in [1.82, 2.24) is 15.3 Å². The second kappa shape index (κ2) is 8.81. The Morgan fingerprint density at radius 3 is 2.54 bits per heavy atom. The van der Waals surface area contributed by atoms with Gasteiger partial charge in [0.05, 0.1) is 19.9 Å². The fraction of sp³-hybridized carbons (Fsp3) is 0.150. The molecule has 1 amide bonds. The molecule has 0 aliphatic heterocycles. The first-order valence-electron chi connectivity index (χ1n) is 8.43. The van der Waals surface area contributed by atoms with Crippen LogP contribution in [0.1, 0.15) is 16.1 Å². The van der Waals surface area contributed by atoms with Crippen molar-refractivity contribution in [2.24, 2.45) is 0 Å². The van der Waals surface area contributed by atoms with Gasteiger partial charge in [-0.25, -0.2) is 14.4 Å². The first-order chi connectivity index (χ1) is 13.6. The van der Waals surface area contributed by atoms with Gasteiger partial charge in [0, 0.05) is 18.7 Å². The standard InChI is InChI=1S/C20H19FN4O3/c1-27-15-7-8-16(18(9-15)28-2)25-19-10-17(23-12-24-19)20(26)22-11-13-3-5-14(21)6-4-13/h3-10,12H,11H2,1-2H3,(H,22,26)(H,23,24,25). The van der Waals surface area contributed by atoms with Crippen molar-refractivity contribution in [1.29, 1.82) is 0 Å². The van der Waals surface area contributed by atoms with Crippen molar-refractivity contribution in [2.45, 2.75) is 6.54 Å². The van der Waals surface area contributed by atoms with Crippen LogP contribution in [0.3, 0.4) is 0 Å². The Labute approximate surface area is 161 Å². The molecule has 0 unspecified atom stereocenters. The van der Waals surface area contributed by atoms with E-state index in [2.05, 4.69) is 20.6 Å². The number of methoxy groups -OCH3 is 2. The van der Waals surface area contributed by atoms with Gasteiger partial charge in [-0.15, -0.1) is 0 Å². The number of nitrogens with zero attached hydrogens (tertiary/aromatic N) is 2. The number of nitrogens with one attached hydrogen (secondary N) is 2. The van der Waals surface area contributed by atoms with Gasteiger partial charge in [-0.3, -0.25) is 4.79 Å². The Balaban J connectivity index is 1.69. The third kappa shape index (κ3) is 4.73. The number of aromatic nitrogens is 2. The molecule has 3 rings (SSSR count). The number of amides is 1. The minimum absolute atomic E-state index is 0.201. The van der Waals surface area contributed by atoms with Crippen LogP contribution in [0.2, 0.25) is 0 Å². The quantitative estimate of drug-likeness (QED) is 0.652. The number of anilines is 2. The van der Waals surface area contributed by atoms with E-state index in [1.54, 1.807) is 44.6 Å². The number of carbonyl (C=O) groups is 1. The average molecular weight is 382 g/mol. The molecule has 0 aliphatic carbocycles. The molecule has 0 fully saturated rings. The van der Waals surface area contributed by atoms with Crippen LogP contribution in [0, 0.1) is 5.82 Å². The maximum atomic E-state index is 12.9. The van der Waals surface area contributed by atoms with Gasteiger partial charge in [-0.05, 0) is 29.8 Å². The zero-order valence-corrected chi connectivity index (χ0v) is 15.4. The lowest BCUT2D eigenvalue weighted by molar-refractivity contribution is 0.0946. The molecule has 2 aromatic carbocycles. The van der Waals surface area contributed by atoms with Gasteiger partial charge in [-0.2, -0.15) is 0 Å². The van der Waals surface area contributed by atoms with Gasteiger partial charge in [-0.1, -0.05) is 12.1 Å². The zero-order chi connectivity index (χ0) is 19.9. The highest BCUT2D eigenvalue weighted by Gasteiger charge is 2.11. The maximum absolute atomic E-state index is 12.9. The number of rotatable bonds is 7. The van der Waals surface area contributed by atoms with Crippen molar-refractivity contribution in [2.75, 3.05) is 19.5 Å². The van der Waals surface area contributed by atoms with Crippen molar-refractivity contribution in [3.63, 3.8) is 0 Å². The molecule has 1 heterocycles. The van der Waals surface area contributed by atoms with Crippen molar-refractivity contribution < 1.29 is 18.7 Å². The highest BCUT2D eigenvalue weighted by molar-refractivity contribution is 5.93. The largest absolute Gasteiger partial charge is 0.497 e. The van der Waals surface area contributed by atoms with Crippen LogP contribution in [0.25, 0.3) is 0 Å². The molecule has 144 valence electrons. The smallest absolute Gasteiger partial charge is 0.270 e. The van der Waals surface area contributed by atoms with E-state index in [-0.39, 0.29) is 24.0 Å². The summed E-state index contributed by atoms with van der Waals surface area (Å²) in [5.41, 5.74) is 1.65. The summed E-state index contributed by atoms with van der Waals surface area (Å²) in [5.74, 6) is 0.976. The first kappa shape index (κ1) is 19.1. The number of hydrogen-bond donors (Lipinski definition) is 2. The molecule has 8 heteroatoms. The number of benzene rings is 2. The molecule has 0 atom stereocenters. The summed E-state index contributed by atoms with van der Waals surface area (Å²) in [5, 5.41) is 5.84. The number of hydrogen-bond acceptors (Lipinski definition) is 6. The highest BCUT2D eigenvalue weighted by Crippen LogP contribution is 2.30. The van der Waals surface area contributed by atoms with Gasteiger partial charge < -0.3 is 20.1 Å². The minimum Gasteiger partial charge on any atom is -0.497 e. The Hall–Kier alpha value is -3.68. The van der Waals surface area contributed by atoms with E-state index >= 15 is 0 Å². The summed E-state index contributed by atoms with van der Waals surface area (Å²) >= 11 is 0. The second-order valence-corrected chi connectivity index (χ2v) is 5.79. The van der Waals surface area contributed by atoms with E-state index in [9.17, 15) is 9.18 Å². The van der Waals surface area contributed by atoms with E-state index < -0.39 is 0 Å². The summed E-state index contributed by atoms with van der Waals surface area (Å²) in [6.45, 7) is 0.262. The molecule has 28 heavy (non-hydrogen) atoms. The summed E-state index contributed by atoms with van der Waals surface area (Å²) in [7, 11) is 3.12. The number of ether oxygens (including phenoxy) is 2. The molecule has 7 nitrogen and oxygen atoms in total. The fourth-order valence-corrected chi connectivity index (χ4v) is 2.46. The molecular weight excluding hydrogens is 363 g/mol. The first-order valence-corrected chi connectivity index (χ1v) is 8.43. The fourth-order valence-electron chi connectivity index (χ4n) is 2.46. The highest BCUT2D eigenvalue weighted by atomic mass is 19.1. The Morgan fingerprint density at radius 2 is 1.82 bits per heavy atom. The number of halogens is 1. The molecule has 0 saturated carbocycles. The van der Waals surface area contributed by atoms with Gasteiger partial charge in [0.15, 0.2) is 0 Å². The van der Waals surface area contributed by atoms with Crippen molar-refractivity contribution in [3.8, 4) is 11.5 Å². The van der Waals surface area contributed by atoms with Gasteiger partial charge in [0.2, 0.25) is 0 Å². The molecule has 2 N–H and O–H groups in total. The summed E-state index contributed by atoms with van der Waals surface area (Å²) in [6.07, 6.45) is 1.30. The van der Waals surface area contributed by atoms with Crippen molar-refractivity contribution in [3.05, 3.63) is 71.9 Å². The van der Waals surface area contributed by atoms with Gasteiger partial charge >= 0.3 is 0 Å². The number of carbonyl (C=O) groups excluding carboxylic acids is 1. The molecule has 0 saturated heterocycles. The van der Waals surface area contributed by atoms with Gasteiger partial charge in [0.25, 0.3) is 5.91 Å². The average Bonchev–Trinajstić information content (AvgIpc) is 2.73. The lowest BCUT2D eigenvalue weighted by Crippen LogP contribution is -2.24. The third-order valence-electron chi connectivity index (χ3n) is 3.94. The van der Waals surface area contributed by atoms with E-state index in [4.69, 9.17) is 9.47 Å². The Kier molecular flexibility index (Phi) is 6.01. The monoisotopic (exact) mass is 382 g/mol. The SMILES string of the molecule is COc1ccc(Nc2cc(C(=O)NCc3ccc(F)cc3)ncn2)c(OC)c1. The van der Waals surface area contributed by atoms with Crippen LogP contribution in [0.4, 0.5) is 15.9 Å². The van der Waals surface area contributed by atoms with Crippen LogP contribution in [-0.4, -0.2) is 30.1 Å². The molecule has 0 radical (unpaired) electrons. The van der Waals surface area contributed by atoms with E-state index in [0.29, 0.717) is 23.0 Å².